The van der Waals surface area contributed by atoms with Crippen molar-refractivity contribution in [3.8, 4) is 11.6 Å². The summed E-state index contributed by atoms with van der Waals surface area (Å²) in [6.07, 6.45) is 5.02. The highest BCUT2D eigenvalue weighted by Gasteiger charge is 2.32. The summed E-state index contributed by atoms with van der Waals surface area (Å²) in [6, 6.07) is 13.0. The van der Waals surface area contributed by atoms with E-state index < -0.39 is 0 Å². The molecule has 2 aromatic heterocycles. The van der Waals surface area contributed by atoms with E-state index in [1.54, 1.807) is 29.3 Å². The number of unbranched alkanes of at least 4 members (excludes halogenated alkanes) is 1. The number of thioether (sulfide) groups is 1. The topological polar surface area (TPSA) is 63.9 Å². The molecule has 8 heteroatoms. The summed E-state index contributed by atoms with van der Waals surface area (Å²) >= 11 is 6.61. The highest BCUT2D eigenvalue weighted by molar-refractivity contribution is 8.26. The van der Waals surface area contributed by atoms with Gasteiger partial charge in [-0.3, -0.25) is 18.9 Å². The number of rotatable bonds is 6. The average Bonchev–Trinajstić information content (AvgIpc) is 3.07. The van der Waals surface area contributed by atoms with Crippen LogP contribution in [-0.2, 0) is 10.2 Å². The molecule has 0 N–H and O–H groups in total. The molecule has 0 aliphatic carbocycles. The van der Waals surface area contributed by atoms with E-state index in [2.05, 4.69) is 32.7 Å². The molecule has 34 heavy (non-hydrogen) atoms. The number of carbonyl (C=O) groups excluding carboxylic acids is 1. The minimum absolute atomic E-state index is 0.0102. The zero-order chi connectivity index (χ0) is 24.5. The molecule has 1 aliphatic heterocycles. The Labute approximate surface area is 208 Å². The Hall–Kier alpha value is -2.97. The molecular weight excluding hydrogens is 466 g/mol. The molecular formula is C26H27N3O3S2. The van der Waals surface area contributed by atoms with Gasteiger partial charge in [0.25, 0.3) is 11.5 Å². The summed E-state index contributed by atoms with van der Waals surface area (Å²) in [5, 5.41) is 0. The number of aromatic nitrogens is 2. The monoisotopic (exact) mass is 493 g/mol. The van der Waals surface area contributed by atoms with Gasteiger partial charge in [0.05, 0.1) is 4.91 Å². The van der Waals surface area contributed by atoms with Crippen LogP contribution in [0.4, 0.5) is 0 Å². The fraction of sp³-hybridized carbons (Fsp3) is 0.308. The van der Waals surface area contributed by atoms with Gasteiger partial charge in [0.15, 0.2) is 0 Å². The highest BCUT2D eigenvalue weighted by Crippen LogP contribution is 2.34. The largest absolute Gasteiger partial charge is 0.438 e. The molecule has 0 spiro atoms. The Morgan fingerprint density at radius 3 is 2.53 bits per heavy atom. The summed E-state index contributed by atoms with van der Waals surface area (Å²) in [5.41, 5.74) is 1.53. The Balaban J connectivity index is 1.77. The quantitative estimate of drug-likeness (QED) is 0.320. The molecule has 1 amide bonds. The third-order valence-corrected chi connectivity index (χ3v) is 6.93. The Morgan fingerprint density at radius 1 is 1.12 bits per heavy atom. The summed E-state index contributed by atoms with van der Waals surface area (Å²) < 4.78 is 8.04. The smallest absolute Gasteiger partial charge is 0.269 e. The van der Waals surface area contributed by atoms with E-state index in [4.69, 9.17) is 17.0 Å². The fourth-order valence-corrected chi connectivity index (χ4v) is 4.85. The van der Waals surface area contributed by atoms with Crippen LogP contribution in [-0.4, -0.2) is 31.1 Å². The number of benzene rings is 1. The van der Waals surface area contributed by atoms with Crippen molar-refractivity contribution < 1.29 is 9.53 Å². The van der Waals surface area contributed by atoms with Crippen molar-refractivity contribution in [2.24, 2.45) is 0 Å². The molecule has 0 radical (unpaired) electrons. The lowest BCUT2D eigenvalue weighted by atomic mass is 9.87. The summed E-state index contributed by atoms with van der Waals surface area (Å²) in [5.74, 6) is 0.519. The Bertz CT molecular complexity index is 1340. The van der Waals surface area contributed by atoms with Gasteiger partial charge in [0, 0.05) is 12.7 Å². The first kappa shape index (κ1) is 24.2. The van der Waals surface area contributed by atoms with Crippen LogP contribution in [0.5, 0.6) is 11.6 Å². The van der Waals surface area contributed by atoms with Gasteiger partial charge in [-0.1, -0.05) is 76.3 Å². The van der Waals surface area contributed by atoms with E-state index in [1.165, 1.54) is 21.7 Å². The molecule has 1 aliphatic rings. The summed E-state index contributed by atoms with van der Waals surface area (Å²) in [7, 11) is 0. The maximum Gasteiger partial charge on any atom is 0.269 e. The van der Waals surface area contributed by atoms with Crippen molar-refractivity contribution in [1.29, 1.82) is 0 Å². The van der Waals surface area contributed by atoms with E-state index in [1.807, 2.05) is 30.3 Å². The molecule has 0 saturated carbocycles. The van der Waals surface area contributed by atoms with Gasteiger partial charge in [-0.2, -0.15) is 4.98 Å². The van der Waals surface area contributed by atoms with Gasteiger partial charge in [-0.25, -0.2) is 0 Å². The van der Waals surface area contributed by atoms with Crippen LogP contribution in [0.1, 0.15) is 51.7 Å². The van der Waals surface area contributed by atoms with E-state index >= 15 is 0 Å². The maximum atomic E-state index is 13.4. The molecule has 6 nitrogen and oxygen atoms in total. The second kappa shape index (κ2) is 9.72. The second-order valence-corrected chi connectivity index (χ2v) is 10.8. The van der Waals surface area contributed by atoms with Crippen LogP contribution < -0.4 is 10.3 Å². The maximum absolute atomic E-state index is 13.4. The van der Waals surface area contributed by atoms with Crippen LogP contribution in [0.3, 0.4) is 0 Å². The van der Waals surface area contributed by atoms with Gasteiger partial charge in [0.2, 0.25) is 5.88 Å². The normalized spacial score (nSPS) is 15.5. The van der Waals surface area contributed by atoms with Gasteiger partial charge < -0.3 is 4.74 Å². The number of amides is 1. The number of fused-ring (bicyclic) bond motifs is 1. The first-order chi connectivity index (χ1) is 16.2. The fourth-order valence-electron chi connectivity index (χ4n) is 3.56. The number of hydrogen-bond donors (Lipinski definition) is 0. The molecule has 176 valence electrons. The molecule has 1 fully saturated rings. The molecule has 0 bridgehead atoms. The highest BCUT2D eigenvalue weighted by atomic mass is 32.2. The summed E-state index contributed by atoms with van der Waals surface area (Å²) in [6.45, 7) is 9.06. The number of thiocarbonyl (C=S) groups is 1. The Kier molecular flexibility index (Phi) is 6.91. The van der Waals surface area contributed by atoms with E-state index in [9.17, 15) is 9.59 Å². The lowest BCUT2D eigenvalue weighted by molar-refractivity contribution is -0.122. The number of carbonyl (C=O) groups is 1. The number of pyridine rings is 1. The molecule has 0 atom stereocenters. The molecule has 0 unspecified atom stereocenters. The lowest BCUT2D eigenvalue weighted by Gasteiger charge is -2.19. The van der Waals surface area contributed by atoms with Crippen LogP contribution >= 0.6 is 24.0 Å². The van der Waals surface area contributed by atoms with E-state index in [0.29, 0.717) is 27.2 Å². The van der Waals surface area contributed by atoms with E-state index in [-0.39, 0.29) is 28.3 Å². The number of hydrogen-bond acceptors (Lipinski definition) is 6. The zero-order valence-corrected chi connectivity index (χ0v) is 21.3. The van der Waals surface area contributed by atoms with Gasteiger partial charge in [-0.05, 0) is 47.7 Å². The van der Waals surface area contributed by atoms with Crippen LogP contribution in [0.15, 0.2) is 58.4 Å². The van der Waals surface area contributed by atoms with Crippen LogP contribution in [0.25, 0.3) is 11.7 Å². The standard InChI is InChI=1S/C26H27N3O3S2/c1-5-6-14-29-24(31)20(34-25(29)33)16-19-22(27-21-9-7-8-15-28(21)23(19)30)32-18-12-10-17(11-13-18)26(2,3)4/h7-13,15-16H,5-6,14H2,1-4H3. The third kappa shape index (κ3) is 4.93. The van der Waals surface area contributed by atoms with Crippen molar-refractivity contribution in [1.82, 2.24) is 14.3 Å². The van der Waals surface area contributed by atoms with E-state index in [0.717, 1.165) is 12.8 Å². The molecule has 1 saturated heterocycles. The Morgan fingerprint density at radius 2 is 1.85 bits per heavy atom. The molecule has 1 aromatic carbocycles. The van der Waals surface area contributed by atoms with Crippen molar-refractivity contribution >= 4 is 45.9 Å². The van der Waals surface area contributed by atoms with Crippen molar-refractivity contribution in [3.05, 3.63) is 75.0 Å². The van der Waals surface area contributed by atoms with Crippen molar-refractivity contribution in [2.45, 2.75) is 46.0 Å². The predicted molar refractivity (Wildman–Crippen MR) is 141 cm³/mol. The van der Waals surface area contributed by atoms with Crippen LogP contribution in [0.2, 0.25) is 0 Å². The van der Waals surface area contributed by atoms with Crippen LogP contribution in [0, 0.1) is 0 Å². The molecule has 3 heterocycles. The van der Waals surface area contributed by atoms with Gasteiger partial charge >= 0.3 is 0 Å². The second-order valence-electron chi connectivity index (χ2n) is 9.13. The SMILES string of the molecule is CCCCN1C(=O)C(=Cc2c(Oc3ccc(C(C)(C)C)cc3)nc3ccccn3c2=O)SC1=S. The third-order valence-electron chi connectivity index (χ3n) is 5.55. The van der Waals surface area contributed by atoms with Gasteiger partial charge in [-0.15, -0.1) is 0 Å². The first-order valence-electron chi connectivity index (χ1n) is 11.2. The van der Waals surface area contributed by atoms with Crippen molar-refractivity contribution in [3.63, 3.8) is 0 Å². The molecule has 4 rings (SSSR count). The number of ether oxygens (including phenoxy) is 1. The minimum atomic E-state index is -0.314. The summed E-state index contributed by atoms with van der Waals surface area (Å²) in [4.78, 5) is 32.9. The minimum Gasteiger partial charge on any atom is -0.438 e. The molecule has 3 aromatic rings. The first-order valence-corrected chi connectivity index (χ1v) is 12.5. The lowest BCUT2D eigenvalue weighted by Crippen LogP contribution is -2.29. The van der Waals surface area contributed by atoms with Gasteiger partial charge in [0.1, 0.15) is 21.3 Å². The zero-order valence-electron chi connectivity index (χ0n) is 19.7. The predicted octanol–water partition coefficient (Wildman–Crippen LogP) is 5.79. The average molecular weight is 494 g/mol. The number of nitrogens with zero attached hydrogens (tertiary/aromatic N) is 3. The van der Waals surface area contributed by atoms with Crippen molar-refractivity contribution in [2.75, 3.05) is 6.54 Å².